The van der Waals surface area contributed by atoms with E-state index >= 15 is 0 Å². The lowest BCUT2D eigenvalue weighted by molar-refractivity contribution is 0.0714. The number of furan rings is 1. The van der Waals surface area contributed by atoms with Crippen LogP contribution in [-0.4, -0.2) is 65.5 Å². The molecule has 3 heterocycles. The number of aryl methyl sites for hydroxylation is 1. The monoisotopic (exact) mass is 409 g/mol. The first-order valence-corrected chi connectivity index (χ1v) is 10.3. The van der Waals surface area contributed by atoms with Crippen molar-refractivity contribution in [2.24, 2.45) is 0 Å². The number of carbonyl (C=O) groups excluding carboxylic acids is 1. The number of methoxy groups -OCH3 is 1. The zero-order chi connectivity index (χ0) is 20.9. The SMILES string of the molecule is CCc1ccc(-c2nnc(N3CCN(C(=O)c4ccco4)CC3)n2CCOC)cc1. The highest BCUT2D eigenvalue weighted by atomic mass is 16.5. The lowest BCUT2D eigenvalue weighted by atomic mass is 10.1. The van der Waals surface area contributed by atoms with E-state index in [1.807, 2.05) is 4.90 Å². The van der Waals surface area contributed by atoms with Gasteiger partial charge in [-0.3, -0.25) is 9.36 Å². The van der Waals surface area contributed by atoms with E-state index in [2.05, 4.69) is 50.9 Å². The normalized spacial score (nSPS) is 14.3. The first-order chi connectivity index (χ1) is 14.7. The zero-order valence-electron chi connectivity index (χ0n) is 17.5. The summed E-state index contributed by atoms with van der Waals surface area (Å²) in [6.07, 6.45) is 2.53. The summed E-state index contributed by atoms with van der Waals surface area (Å²) < 4.78 is 12.7. The van der Waals surface area contributed by atoms with Crippen LogP contribution in [0.2, 0.25) is 0 Å². The van der Waals surface area contributed by atoms with E-state index in [9.17, 15) is 4.79 Å². The van der Waals surface area contributed by atoms with E-state index in [4.69, 9.17) is 9.15 Å². The first kappa shape index (κ1) is 20.2. The molecule has 30 heavy (non-hydrogen) atoms. The van der Waals surface area contributed by atoms with Crippen molar-refractivity contribution in [3.63, 3.8) is 0 Å². The molecular weight excluding hydrogens is 382 g/mol. The minimum absolute atomic E-state index is 0.0720. The molecule has 1 aliphatic rings. The van der Waals surface area contributed by atoms with Crippen LogP contribution in [0, 0.1) is 0 Å². The maximum Gasteiger partial charge on any atom is 0.289 e. The molecule has 1 aromatic carbocycles. The van der Waals surface area contributed by atoms with Crippen molar-refractivity contribution in [3.8, 4) is 11.4 Å². The molecule has 2 aromatic heterocycles. The average molecular weight is 409 g/mol. The number of hydrogen-bond donors (Lipinski definition) is 0. The molecule has 0 radical (unpaired) electrons. The summed E-state index contributed by atoms with van der Waals surface area (Å²) >= 11 is 0. The van der Waals surface area contributed by atoms with Gasteiger partial charge in [-0.15, -0.1) is 10.2 Å². The van der Waals surface area contributed by atoms with E-state index in [1.54, 1.807) is 19.2 Å². The van der Waals surface area contributed by atoms with Gasteiger partial charge in [0.25, 0.3) is 5.91 Å². The summed E-state index contributed by atoms with van der Waals surface area (Å²) in [5.41, 5.74) is 2.33. The van der Waals surface area contributed by atoms with Crippen LogP contribution >= 0.6 is 0 Å². The van der Waals surface area contributed by atoms with E-state index in [0.29, 0.717) is 45.1 Å². The second-order valence-electron chi connectivity index (χ2n) is 7.28. The van der Waals surface area contributed by atoms with Gasteiger partial charge in [-0.25, -0.2) is 0 Å². The predicted octanol–water partition coefficient (Wildman–Crippen LogP) is 2.71. The topological polar surface area (TPSA) is 76.6 Å². The van der Waals surface area contributed by atoms with Crippen LogP contribution in [0.15, 0.2) is 47.1 Å². The molecule has 0 saturated carbocycles. The van der Waals surface area contributed by atoms with Gasteiger partial charge < -0.3 is 19.0 Å². The van der Waals surface area contributed by atoms with E-state index in [0.717, 1.165) is 23.8 Å². The van der Waals surface area contributed by atoms with Crippen molar-refractivity contribution >= 4 is 11.9 Å². The van der Waals surface area contributed by atoms with Gasteiger partial charge in [-0.2, -0.15) is 0 Å². The number of anilines is 1. The van der Waals surface area contributed by atoms with E-state index < -0.39 is 0 Å². The molecule has 1 aliphatic heterocycles. The molecule has 0 atom stereocenters. The first-order valence-electron chi connectivity index (χ1n) is 10.3. The summed E-state index contributed by atoms with van der Waals surface area (Å²) in [5, 5.41) is 8.98. The van der Waals surface area contributed by atoms with Crippen LogP contribution in [0.25, 0.3) is 11.4 Å². The fraction of sp³-hybridized carbons (Fsp3) is 0.409. The van der Waals surface area contributed by atoms with Crippen LogP contribution in [0.3, 0.4) is 0 Å². The predicted molar refractivity (Wildman–Crippen MR) is 114 cm³/mol. The number of amides is 1. The number of rotatable bonds is 7. The number of benzene rings is 1. The Balaban J connectivity index is 1.52. The van der Waals surface area contributed by atoms with Gasteiger partial charge in [0.15, 0.2) is 11.6 Å². The molecule has 0 aliphatic carbocycles. The lowest BCUT2D eigenvalue weighted by Gasteiger charge is -2.34. The van der Waals surface area contributed by atoms with Crippen LogP contribution in [0.5, 0.6) is 0 Å². The zero-order valence-corrected chi connectivity index (χ0v) is 17.5. The summed E-state index contributed by atoms with van der Waals surface area (Å²) in [6, 6.07) is 11.9. The fourth-order valence-electron chi connectivity index (χ4n) is 3.69. The number of carbonyl (C=O) groups is 1. The standard InChI is InChI=1S/C22H27N5O3/c1-3-17-6-8-18(9-7-17)20-23-24-22(27(20)14-16-29-2)26-12-10-25(11-13-26)21(28)19-5-4-15-30-19/h4-9,15H,3,10-14,16H2,1-2H3. The molecule has 1 fully saturated rings. The molecule has 158 valence electrons. The molecule has 8 nitrogen and oxygen atoms in total. The van der Waals surface area contributed by atoms with Gasteiger partial charge in [0.1, 0.15) is 0 Å². The van der Waals surface area contributed by atoms with Crippen LogP contribution in [0.1, 0.15) is 23.0 Å². The quantitative estimate of drug-likeness (QED) is 0.597. The van der Waals surface area contributed by atoms with Crippen molar-refractivity contribution in [1.29, 1.82) is 0 Å². The van der Waals surface area contributed by atoms with E-state index in [-0.39, 0.29) is 5.91 Å². The largest absolute Gasteiger partial charge is 0.459 e. The van der Waals surface area contributed by atoms with Gasteiger partial charge in [-0.05, 0) is 24.1 Å². The van der Waals surface area contributed by atoms with Crippen molar-refractivity contribution < 1.29 is 13.9 Å². The molecule has 4 rings (SSSR count). The molecule has 0 spiro atoms. The van der Waals surface area contributed by atoms with Gasteiger partial charge in [0, 0.05) is 38.9 Å². The van der Waals surface area contributed by atoms with Gasteiger partial charge in [0.2, 0.25) is 5.95 Å². The van der Waals surface area contributed by atoms with E-state index in [1.165, 1.54) is 11.8 Å². The van der Waals surface area contributed by atoms with Gasteiger partial charge >= 0.3 is 0 Å². The number of ether oxygens (including phenoxy) is 1. The van der Waals surface area contributed by atoms with Gasteiger partial charge in [0.05, 0.1) is 19.4 Å². The van der Waals surface area contributed by atoms with Crippen molar-refractivity contribution in [2.75, 3.05) is 44.8 Å². The minimum atomic E-state index is -0.0720. The summed E-state index contributed by atoms with van der Waals surface area (Å²) in [6.45, 7) is 5.97. The Bertz CT molecular complexity index is 957. The van der Waals surface area contributed by atoms with Crippen LogP contribution in [0.4, 0.5) is 5.95 Å². The minimum Gasteiger partial charge on any atom is -0.459 e. The molecular formula is C22H27N5O3. The number of piperazine rings is 1. The molecule has 1 amide bonds. The second-order valence-corrected chi connectivity index (χ2v) is 7.28. The Morgan fingerprint density at radius 2 is 1.87 bits per heavy atom. The molecule has 0 unspecified atom stereocenters. The molecule has 3 aromatic rings. The fourth-order valence-corrected chi connectivity index (χ4v) is 3.69. The number of hydrogen-bond acceptors (Lipinski definition) is 6. The third-order valence-corrected chi connectivity index (χ3v) is 5.45. The molecule has 1 saturated heterocycles. The maximum absolute atomic E-state index is 12.5. The Hall–Kier alpha value is -3.13. The summed E-state index contributed by atoms with van der Waals surface area (Å²) in [7, 11) is 1.69. The number of aromatic nitrogens is 3. The third-order valence-electron chi connectivity index (χ3n) is 5.45. The Labute approximate surface area is 176 Å². The second kappa shape index (κ2) is 9.13. The third kappa shape index (κ3) is 4.09. The van der Waals surface area contributed by atoms with Crippen molar-refractivity contribution in [1.82, 2.24) is 19.7 Å². The Morgan fingerprint density at radius 1 is 1.10 bits per heavy atom. The molecule has 0 N–H and O–H groups in total. The molecule has 8 heteroatoms. The van der Waals surface area contributed by atoms with Crippen molar-refractivity contribution in [3.05, 3.63) is 54.0 Å². The van der Waals surface area contributed by atoms with Gasteiger partial charge in [-0.1, -0.05) is 31.2 Å². The summed E-state index contributed by atoms with van der Waals surface area (Å²) in [4.78, 5) is 16.5. The van der Waals surface area contributed by atoms with Crippen LogP contribution < -0.4 is 4.90 Å². The maximum atomic E-state index is 12.5. The highest BCUT2D eigenvalue weighted by Crippen LogP contribution is 2.24. The highest BCUT2D eigenvalue weighted by Gasteiger charge is 2.27. The summed E-state index contributed by atoms with van der Waals surface area (Å²) in [5.74, 6) is 1.95. The average Bonchev–Trinajstić information content (AvgIpc) is 3.48. The van der Waals surface area contributed by atoms with Crippen molar-refractivity contribution in [2.45, 2.75) is 19.9 Å². The van der Waals surface area contributed by atoms with Crippen LogP contribution in [-0.2, 0) is 17.7 Å². The molecule has 0 bridgehead atoms. The highest BCUT2D eigenvalue weighted by molar-refractivity contribution is 5.91. The Kier molecular flexibility index (Phi) is 6.13. The smallest absolute Gasteiger partial charge is 0.289 e. The number of nitrogens with zero attached hydrogens (tertiary/aromatic N) is 5. The Morgan fingerprint density at radius 3 is 2.50 bits per heavy atom. The lowest BCUT2D eigenvalue weighted by Crippen LogP contribution is -2.49.